The molecule has 2 aromatic carbocycles. The number of hydrogen-bond acceptors (Lipinski definition) is 2. The van der Waals surface area contributed by atoms with E-state index < -0.39 is 0 Å². The maximum absolute atomic E-state index is 4.94. The fourth-order valence-electron chi connectivity index (χ4n) is 3.92. The van der Waals surface area contributed by atoms with Gasteiger partial charge in [0, 0.05) is 15.7 Å². The van der Waals surface area contributed by atoms with Gasteiger partial charge >= 0.3 is 0 Å². The number of aromatic nitrogens is 2. The van der Waals surface area contributed by atoms with Crippen molar-refractivity contribution in [3.8, 4) is 0 Å². The Morgan fingerprint density at radius 3 is 2.50 bits per heavy atom. The minimum atomic E-state index is 0.0350. The van der Waals surface area contributed by atoms with Crippen LogP contribution in [0.5, 0.6) is 0 Å². The summed E-state index contributed by atoms with van der Waals surface area (Å²) in [5.41, 5.74) is 4.89. The number of nitrogens with zero attached hydrogens (tertiary/aromatic N) is 2. The molecule has 1 aliphatic rings. The largest absolute Gasteiger partial charge is 0.293 e. The van der Waals surface area contributed by atoms with Gasteiger partial charge < -0.3 is 0 Å². The van der Waals surface area contributed by atoms with Crippen LogP contribution in [-0.4, -0.2) is 9.38 Å². The van der Waals surface area contributed by atoms with E-state index in [9.17, 15) is 0 Å². The summed E-state index contributed by atoms with van der Waals surface area (Å²) in [7, 11) is 0. The average Bonchev–Trinajstić information content (AvgIpc) is 2.85. The molecule has 0 aliphatic carbocycles. The van der Waals surface area contributed by atoms with Crippen molar-refractivity contribution in [3.05, 3.63) is 53.9 Å². The summed E-state index contributed by atoms with van der Waals surface area (Å²) in [5, 5.41) is 3.86. The quantitative estimate of drug-likeness (QED) is 0.411. The van der Waals surface area contributed by atoms with Gasteiger partial charge in [-0.05, 0) is 32.2 Å². The molecule has 2 aromatic heterocycles. The molecule has 3 heteroatoms. The second kappa shape index (κ2) is 3.85. The van der Waals surface area contributed by atoms with Crippen LogP contribution in [0.4, 0.5) is 0 Å². The lowest BCUT2D eigenvalue weighted by Crippen LogP contribution is -2.20. The van der Waals surface area contributed by atoms with Crippen LogP contribution in [-0.2, 0) is 4.75 Å². The standard InChI is InChI=1S/C19H16N2S/c1-11-17-19(2,3)22-15-10-6-9-13-12-7-4-5-8-14(12)18(20-11)21(17)16(13)15/h4-10H,1-3H3. The fourth-order valence-corrected chi connectivity index (χ4v) is 5.25. The Balaban J connectivity index is 2.23. The number of benzene rings is 2. The third-order valence-electron chi connectivity index (χ3n) is 4.67. The van der Waals surface area contributed by atoms with E-state index in [2.05, 4.69) is 67.6 Å². The third-order valence-corrected chi connectivity index (χ3v) is 5.92. The second-order valence-electron chi connectivity index (χ2n) is 6.52. The lowest BCUT2D eigenvalue weighted by Gasteiger charge is -2.31. The number of imidazole rings is 1. The molecule has 0 fully saturated rings. The van der Waals surface area contributed by atoms with Gasteiger partial charge in [-0.25, -0.2) is 4.98 Å². The van der Waals surface area contributed by atoms with Crippen molar-refractivity contribution in [3.63, 3.8) is 0 Å². The predicted molar refractivity (Wildman–Crippen MR) is 93.8 cm³/mol. The third kappa shape index (κ3) is 1.35. The minimum Gasteiger partial charge on any atom is -0.293 e. The highest BCUT2D eigenvalue weighted by atomic mass is 32.2. The molecule has 4 aromatic rings. The first-order chi connectivity index (χ1) is 10.6. The molecule has 0 unspecified atom stereocenters. The number of aryl methyl sites for hydroxylation is 1. The van der Waals surface area contributed by atoms with Gasteiger partial charge in [0.2, 0.25) is 0 Å². The summed E-state index contributed by atoms with van der Waals surface area (Å²) in [5.74, 6) is 0. The summed E-state index contributed by atoms with van der Waals surface area (Å²) in [6.45, 7) is 6.73. The van der Waals surface area contributed by atoms with Crippen molar-refractivity contribution in [1.29, 1.82) is 0 Å². The van der Waals surface area contributed by atoms with E-state index in [1.54, 1.807) is 0 Å². The van der Waals surface area contributed by atoms with Crippen molar-refractivity contribution in [2.45, 2.75) is 30.4 Å². The fraction of sp³-hybridized carbons (Fsp3) is 0.211. The number of thioether (sulfide) groups is 1. The molecule has 1 aliphatic heterocycles. The van der Waals surface area contributed by atoms with Crippen molar-refractivity contribution in [2.24, 2.45) is 0 Å². The van der Waals surface area contributed by atoms with Crippen LogP contribution in [0.3, 0.4) is 0 Å². The van der Waals surface area contributed by atoms with Gasteiger partial charge in [-0.2, -0.15) is 0 Å². The van der Waals surface area contributed by atoms with E-state index in [0.29, 0.717) is 0 Å². The molecule has 2 nitrogen and oxygen atoms in total. The Morgan fingerprint density at radius 1 is 0.955 bits per heavy atom. The summed E-state index contributed by atoms with van der Waals surface area (Å²) in [6.07, 6.45) is 0. The monoisotopic (exact) mass is 304 g/mol. The Bertz CT molecular complexity index is 1090. The maximum atomic E-state index is 4.94. The molecule has 0 saturated carbocycles. The molecule has 0 atom stereocenters. The van der Waals surface area contributed by atoms with E-state index >= 15 is 0 Å². The summed E-state index contributed by atoms with van der Waals surface area (Å²) in [6, 6.07) is 15.3. The maximum Gasteiger partial charge on any atom is 0.145 e. The average molecular weight is 304 g/mol. The zero-order valence-corrected chi connectivity index (χ0v) is 13.7. The van der Waals surface area contributed by atoms with Gasteiger partial charge in [0.15, 0.2) is 0 Å². The normalized spacial score (nSPS) is 16.1. The van der Waals surface area contributed by atoms with Crippen LogP contribution in [0.1, 0.15) is 25.2 Å². The molecule has 0 bridgehead atoms. The molecular weight excluding hydrogens is 288 g/mol. The minimum absolute atomic E-state index is 0.0350. The molecule has 0 spiro atoms. The molecule has 22 heavy (non-hydrogen) atoms. The van der Waals surface area contributed by atoms with Gasteiger partial charge in [0.1, 0.15) is 5.65 Å². The zero-order valence-electron chi connectivity index (χ0n) is 12.8. The summed E-state index contributed by atoms with van der Waals surface area (Å²) in [4.78, 5) is 6.29. The Morgan fingerprint density at radius 2 is 1.68 bits per heavy atom. The van der Waals surface area contributed by atoms with Crippen LogP contribution < -0.4 is 0 Å². The Kier molecular flexibility index (Phi) is 2.19. The molecule has 3 heterocycles. The van der Waals surface area contributed by atoms with Crippen molar-refractivity contribution in [1.82, 2.24) is 9.38 Å². The number of pyridine rings is 1. The van der Waals surface area contributed by atoms with Gasteiger partial charge in [-0.1, -0.05) is 36.4 Å². The first-order valence-electron chi connectivity index (χ1n) is 7.60. The van der Waals surface area contributed by atoms with Crippen LogP contribution in [0.2, 0.25) is 0 Å². The van der Waals surface area contributed by atoms with Crippen molar-refractivity contribution in [2.75, 3.05) is 0 Å². The molecule has 0 N–H and O–H groups in total. The SMILES string of the molecule is Cc1nc2c3ccccc3c3cccc4c3n2c1C(C)(C)S4. The van der Waals surface area contributed by atoms with E-state index in [1.807, 2.05) is 11.8 Å². The van der Waals surface area contributed by atoms with E-state index in [1.165, 1.54) is 32.3 Å². The molecular formula is C19H16N2S. The molecule has 0 amide bonds. The van der Waals surface area contributed by atoms with Crippen molar-refractivity contribution >= 4 is 39.1 Å². The van der Waals surface area contributed by atoms with Gasteiger partial charge in [-0.3, -0.25) is 4.40 Å². The van der Waals surface area contributed by atoms with Crippen LogP contribution in [0, 0.1) is 6.92 Å². The number of fused-ring (bicyclic) bond motifs is 3. The van der Waals surface area contributed by atoms with Crippen LogP contribution >= 0.6 is 11.8 Å². The van der Waals surface area contributed by atoms with Gasteiger partial charge in [0.05, 0.1) is 21.7 Å². The zero-order chi connectivity index (χ0) is 15.1. The first kappa shape index (κ1) is 12.5. The Hall–Kier alpha value is -2.00. The summed E-state index contributed by atoms with van der Waals surface area (Å²) < 4.78 is 2.44. The van der Waals surface area contributed by atoms with E-state index in [-0.39, 0.29) is 4.75 Å². The van der Waals surface area contributed by atoms with Crippen molar-refractivity contribution < 1.29 is 0 Å². The topological polar surface area (TPSA) is 17.3 Å². The highest BCUT2D eigenvalue weighted by Gasteiger charge is 2.34. The molecule has 5 rings (SSSR count). The molecule has 0 saturated heterocycles. The number of para-hydroxylation sites is 1. The lowest BCUT2D eigenvalue weighted by atomic mass is 10.0. The number of hydrogen-bond donors (Lipinski definition) is 0. The lowest BCUT2D eigenvalue weighted by molar-refractivity contribution is 0.725. The Labute approximate surface area is 133 Å². The highest BCUT2D eigenvalue weighted by molar-refractivity contribution is 8.00. The smallest absolute Gasteiger partial charge is 0.145 e. The summed E-state index contributed by atoms with van der Waals surface area (Å²) >= 11 is 1.95. The number of rotatable bonds is 0. The van der Waals surface area contributed by atoms with Crippen LogP contribution in [0.25, 0.3) is 27.3 Å². The van der Waals surface area contributed by atoms with E-state index in [4.69, 9.17) is 4.98 Å². The van der Waals surface area contributed by atoms with Gasteiger partial charge in [0.25, 0.3) is 0 Å². The molecule has 0 radical (unpaired) electrons. The first-order valence-corrected chi connectivity index (χ1v) is 8.41. The second-order valence-corrected chi connectivity index (χ2v) is 8.18. The molecule has 108 valence electrons. The van der Waals surface area contributed by atoms with Gasteiger partial charge in [-0.15, -0.1) is 11.8 Å². The predicted octanol–water partition coefficient (Wildman–Crippen LogP) is 5.29. The van der Waals surface area contributed by atoms with E-state index in [0.717, 1.165) is 11.3 Å². The van der Waals surface area contributed by atoms with Crippen LogP contribution in [0.15, 0.2) is 47.4 Å². The highest BCUT2D eigenvalue weighted by Crippen LogP contribution is 2.50.